The minimum atomic E-state index is -0.785. The van der Waals surface area contributed by atoms with E-state index in [1.54, 1.807) is 12.5 Å². The van der Waals surface area contributed by atoms with Crippen LogP contribution in [0.4, 0.5) is 5.82 Å². The minimum absolute atomic E-state index is 0.151. The van der Waals surface area contributed by atoms with Gasteiger partial charge in [0.1, 0.15) is 5.82 Å². The van der Waals surface area contributed by atoms with Gasteiger partial charge in [-0.05, 0) is 24.9 Å². The summed E-state index contributed by atoms with van der Waals surface area (Å²) in [4.78, 5) is 8.17. The van der Waals surface area contributed by atoms with Crippen molar-refractivity contribution in [3.8, 4) is 0 Å². The molecule has 0 aromatic carbocycles. The van der Waals surface area contributed by atoms with Crippen LogP contribution in [0.1, 0.15) is 13.3 Å². The van der Waals surface area contributed by atoms with Crippen molar-refractivity contribution in [2.45, 2.75) is 19.4 Å². The van der Waals surface area contributed by atoms with E-state index in [1.165, 1.54) is 0 Å². The zero-order chi connectivity index (χ0) is 13.1. The van der Waals surface area contributed by atoms with Crippen LogP contribution in [-0.2, 0) is 10.8 Å². The maximum absolute atomic E-state index is 11.0. The molecule has 0 saturated carbocycles. The molecule has 6 nitrogen and oxygen atoms in total. The molecular formula is C10H14ClN5OS. The zero-order valence-corrected chi connectivity index (χ0v) is 11.7. The fourth-order valence-electron chi connectivity index (χ4n) is 1.57. The molecule has 0 aliphatic heterocycles. The maximum atomic E-state index is 11.0. The lowest BCUT2D eigenvalue weighted by Gasteiger charge is -2.14. The lowest BCUT2D eigenvalue weighted by atomic mass is 10.2. The lowest BCUT2D eigenvalue weighted by Crippen LogP contribution is -2.19. The smallest absolute Gasteiger partial charge is 0.226 e. The van der Waals surface area contributed by atoms with E-state index in [2.05, 4.69) is 25.5 Å². The molecular weight excluding hydrogens is 274 g/mol. The Morgan fingerprint density at radius 1 is 1.56 bits per heavy atom. The first-order valence-electron chi connectivity index (χ1n) is 5.49. The molecule has 0 aliphatic rings. The fraction of sp³-hybridized carbons (Fsp3) is 0.500. The van der Waals surface area contributed by atoms with Gasteiger partial charge >= 0.3 is 0 Å². The number of rotatable bonds is 5. The highest BCUT2D eigenvalue weighted by atomic mass is 35.5. The van der Waals surface area contributed by atoms with Crippen molar-refractivity contribution in [1.29, 1.82) is 0 Å². The van der Waals surface area contributed by atoms with E-state index in [1.807, 2.05) is 6.92 Å². The van der Waals surface area contributed by atoms with Gasteiger partial charge in [0.15, 0.2) is 5.65 Å². The Balaban J connectivity index is 2.15. The Morgan fingerprint density at radius 2 is 2.33 bits per heavy atom. The summed E-state index contributed by atoms with van der Waals surface area (Å²) in [5, 5.41) is 10.9. The first-order chi connectivity index (χ1) is 8.56. The molecule has 0 aliphatic carbocycles. The van der Waals surface area contributed by atoms with Gasteiger partial charge < -0.3 is 5.32 Å². The predicted octanol–water partition coefficient (Wildman–Crippen LogP) is 1.58. The van der Waals surface area contributed by atoms with Gasteiger partial charge in [0.2, 0.25) is 5.28 Å². The van der Waals surface area contributed by atoms with Gasteiger partial charge in [-0.15, -0.1) is 0 Å². The summed E-state index contributed by atoms with van der Waals surface area (Å²) in [7, 11) is -0.785. The molecule has 0 radical (unpaired) electrons. The Hall–Kier alpha value is -1.21. The second-order valence-electron chi connectivity index (χ2n) is 4.08. The summed E-state index contributed by atoms with van der Waals surface area (Å²) in [6, 6.07) is 0.151. The molecule has 0 amide bonds. The number of anilines is 1. The van der Waals surface area contributed by atoms with Gasteiger partial charge in [-0.2, -0.15) is 15.1 Å². The van der Waals surface area contributed by atoms with Gasteiger partial charge in [0, 0.05) is 28.9 Å². The summed E-state index contributed by atoms with van der Waals surface area (Å²) in [6.07, 6.45) is 4.14. The van der Waals surface area contributed by atoms with E-state index in [9.17, 15) is 4.21 Å². The van der Waals surface area contributed by atoms with Crippen molar-refractivity contribution in [3.05, 3.63) is 11.5 Å². The normalized spacial score (nSPS) is 14.6. The van der Waals surface area contributed by atoms with Crippen molar-refractivity contribution in [2.24, 2.45) is 0 Å². The van der Waals surface area contributed by atoms with Crippen LogP contribution in [0.2, 0.25) is 5.28 Å². The summed E-state index contributed by atoms with van der Waals surface area (Å²) >= 11 is 5.83. The third-order valence-corrected chi connectivity index (χ3v) is 3.48. The van der Waals surface area contributed by atoms with Crippen LogP contribution in [0.3, 0.4) is 0 Å². The highest BCUT2D eigenvalue weighted by Crippen LogP contribution is 2.20. The topological polar surface area (TPSA) is 83.6 Å². The van der Waals surface area contributed by atoms with Crippen LogP contribution in [0.25, 0.3) is 11.0 Å². The fourth-order valence-corrected chi connectivity index (χ4v) is 2.42. The van der Waals surface area contributed by atoms with E-state index in [-0.39, 0.29) is 11.3 Å². The van der Waals surface area contributed by atoms with Crippen molar-refractivity contribution in [3.63, 3.8) is 0 Å². The molecule has 2 heterocycles. The SMILES string of the molecule is CC(CCS(C)=O)Nc1nc(Cl)nc2[nH]ncc12. The van der Waals surface area contributed by atoms with Gasteiger partial charge in [0.05, 0.1) is 11.6 Å². The van der Waals surface area contributed by atoms with Crippen molar-refractivity contribution >= 4 is 39.3 Å². The number of hydrogen-bond donors (Lipinski definition) is 2. The third-order valence-electron chi connectivity index (χ3n) is 2.50. The summed E-state index contributed by atoms with van der Waals surface area (Å²) in [6.45, 7) is 2.01. The number of aromatic amines is 1. The van der Waals surface area contributed by atoms with E-state index in [4.69, 9.17) is 11.6 Å². The van der Waals surface area contributed by atoms with Gasteiger partial charge in [-0.1, -0.05) is 0 Å². The van der Waals surface area contributed by atoms with Crippen LogP contribution < -0.4 is 5.32 Å². The number of H-pyrrole nitrogens is 1. The van der Waals surface area contributed by atoms with Crippen LogP contribution in [0.5, 0.6) is 0 Å². The Kier molecular flexibility index (Phi) is 4.13. The lowest BCUT2D eigenvalue weighted by molar-refractivity contribution is 0.678. The van der Waals surface area contributed by atoms with Gasteiger partial charge in [0.25, 0.3) is 0 Å². The van der Waals surface area contributed by atoms with E-state index in [0.717, 1.165) is 11.8 Å². The number of hydrogen-bond acceptors (Lipinski definition) is 5. The average Bonchev–Trinajstić information content (AvgIpc) is 2.74. The average molecular weight is 288 g/mol. The molecule has 0 spiro atoms. The number of fused-ring (bicyclic) bond motifs is 1. The first kappa shape index (κ1) is 13.2. The quantitative estimate of drug-likeness (QED) is 0.816. The molecule has 0 fully saturated rings. The number of nitrogens with one attached hydrogen (secondary N) is 2. The van der Waals surface area contributed by atoms with Crippen molar-refractivity contribution < 1.29 is 4.21 Å². The first-order valence-corrected chi connectivity index (χ1v) is 7.60. The molecule has 2 aromatic rings. The van der Waals surface area contributed by atoms with E-state index in [0.29, 0.717) is 17.2 Å². The molecule has 0 saturated heterocycles. The van der Waals surface area contributed by atoms with E-state index >= 15 is 0 Å². The molecule has 0 bridgehead atoms. The second kappa shape index (κ2) is 5.62. The number of aromatic nitrogens is 4. The highest BCUT2D eigenvalue weighted by Gasteiger charge is 2.11. The monoisotopic (exact) mass is 287 g/mol. The van der Waals surface area contributed by atoms with Gasteiger partial charge in [-0.3, -0.25) is 9.31 Å². The van der Waals surface area contributed by atoms with E-state index < -0.39 is 10.8 Å². The van der Waals surface area contributed by atoms with Crippen LogP contribution in [0.15, 0.2) is 6.20 Å². The predicted molar refractivity (Wildman–Crippen MR) is 73.3 cm³/mol. The molecule has 2 aromatic heterocycles. The molecule has 2 N–H and O–H groups in total. The molecule has 8 heteroatoms. The van der Waals surface area contributed by atoms with Crippen LogP contribution >= 0.6 is 11.6 Å². The summed E-state index contributed by atoms with van der Waals surface area (Å²) in [5.41, 5.74) is 0.601. The molecule has 2 unspecified atom stereocenters. The largest absolute Gasteiger partial charge is 0.367 e. The molecule has 18 heavy (non-hydrogen) atoms. The van der Waals surface area contributed by atoms with Crippen LogP contribution in [0, 0.1) is 0 Å². The van der Waals surface area contributed by atoms with Crippen molar-refractivity contribution in [1.82, 2.24) is 20.2 Å². The van der Waals surface area contributed by atoms with Gasteiger partial charge in [-0.25, -0.2) is 0 Å². The standard InChI is InChI=1S/C10H14ClN5OS/c1-6(3-4-18(2)17)13-8-7-5-12-16-9(7)15-10(11)14-8/h5-6H,3-4H2,1-2H3,(H2,12,13,14,15,16). The maximum Gasteiger partial charge on any atom is 0.226 e. The molecule has 98 valence electrons. The Labute approximate surface area is 112 Å². The molecule has 2 rings (SSSR count). The zero-order valence-electron chi connectivity index (χ0n) is 10.1. The molecule has 2 atom stereocenters. The minimum Gasteiger partial charge on any atom is -0.367 e. The Morgan fingerprint density at radius 3 is 3.06 bits per heavy atom. The summed E-state index contributed by atoms with van der Waals surface area (Å²) < 4.78 is 11.0. The Bertz CT molecular complexity index is 572. The highest BCUT2D eigenvalue weighted by molar-refractivity contribution is 7.84. The summed E-state index contributed by atoms with van der Waals surface area (Å²) in [5.74, 6) is 1.30. The van der Waals surface area contributed by atoms with Crippen molar-refractivity contribution in [2.75, 3.05) is 17.3 Å². The number of nitrogens with zero attached hydrogens (tertiary/aromatic N) is 3. The third kappa shape index (κ3) is 3.17. The second-order valence-corrected chi connectivity index (χ2v) is 5.98. The van der Waals surface area contributed by atoms with Crippen LogP contribution in [-0.4, -0.2) is 42.4 Å². The number of halogens is 1.